The number of nitrogens with two attached hydrogens (primary N) is 1. The zero-order valence-electron chi connectivity index (χ0n) is 12.0. The molecule has 0 amide bonds. The van der Waals surface area contributed by atoms with Crippen LogP contribution >= 0.6 is 0 Å². The third-order valence-electron chi connectivity index (χ3n) is 3.55. The summed E-state index contributed by atoms with van der Waals surface area (Å²) >= 11 is 0. The monoisotopic (exact) mass is 252 g/mol. The van der Waals surface area contributed by atoms with Crippen molar-refractivity contribution in [1.82, 2.24) is 15.1 Å². The Morgan fingerprint density at radius 3 is 2.61 bits per heavy atom. The SMILES string of the molecule is CCCn1cc(C(CN)NCC(CC)CC)cn1. The summed E-state index contributed by atoms with van der Waals surface area (Å²) in [5.74, 6) is 0.740. The number of hydrogen-bond donors (Lipinski definition) is 2. The fourth-order valence-electron chi connectivity index (χ4n) is 2.13. The number of hydrogen-bond acceptors (Lipinski definition) is 3. The fourth-order valence-corrected chi connectivity index (χ4v) is 2.13. The van der Waals surface area contributed by atoms with Crippen molar-refractivity contribution < 1.29 is 0 Å². The maximum absolute atomic E-state index is 5.86. The number of aryl methyl sites for hydroxylation is 1. The van der Waals surface area contributed by atoms with Gasteiger partial charge in [0.05, 0.1) is 6.20 Å². The Morgan fingerprint density at radius 2 is 2.06 bits per heavy atom. The molecule has 1 aromatic rings. The maximum atomic E-state index is 5.86. The van der Waals surface area contributed by atoms with Crippen LogP contribution in [0.25, 0.3) is 0 Å². The fraction of sp³-hybridized carbons (Fsp3) is 0.786. The van der Waals surface area contributed by atoms with Gasteiger partial charge in [-0.15, -0.1) is 0 Å². The van der Waals surface area contributed by atoms with Gasteiger partial charge in [0.15, 0.2) is 0 Å². The Morgan fingerprint density at radius 1 is 1.33 bits per heavy atom. The molecule has 0 bridgehead atoms. The van der Waals surface area contributed by atoms with Crippen LogP contribution < -0.4 is 11.1 Å². The van der Waals surface area contributed by atoms with E-state index >= 15 is 0 Å². The molecule has 0 saturated heterocycles. The lowest BCUT2D eigenvalue weighted by Gasteiger charge is -2.19. The van der Waals surface area contributed by atoms with Crippen LogP contribution in [0, 0.1) is 5.92 Å². The van der Waals surface area contributed by atoms with E-state index in [0.29, 0.717) is 6.54 Å². The van der Waals surface area contributed by atoms with Gasteiger partial charge in [0.2, 0.25) is 0 Å². The van der Waals surface area contributed by atoms with E-state index in [9.17, 15) is 0 Å². The van der Waals surface area contributed by atoms with Gasteiger partial charge in [0, 0.05) is 30.9 Å². The van der Waals surface area contributed by atoms with Gasteiger partial charge in [-0.1, -0.05) is 33.6 Å². The predicted octanol–water partition coefficient (Wildman–Crippen LogP) is 2.32. The second kappa shape index (κ2) is 8.27. The summed E-state index contributed by atoms with van der Waals surface area (Å²) in [5.41, 5.74) is 7.06. The molecular formula is C14H28N4. The summed E-state index contributed by atoms with van der Waals surface area (Å²) in [6.45, 7) is 9.28. The van der Waals surface area contributed by atoms with E-state index in [2.05, 4.69) is 37.4 Å². The Balaban J connectivity index is 2.53. The minimum atomic E-state index is 0.233. The lowest BCUT2D eigenvalue weighted by Crippen LogP contribution is -2.31. The van der Waals surface area contributed by atoms with Gasteiger partial charge in [-0.3, -0.25) is 4.68 Å². The lowest BCUT2D eigenvalue weighted by molar-refractivity contribution is 0.414. The zero-order valence-corrected chi connectivity index (χ0v) is 12.0. The molecule has 0 aliphatic rings. The molecule has 1 rings (SSSR count). The summed E-state index contributed by atoms with van der Waals surface area (Å²) in [6.07, 6.45) is 7.59. The molecule has 104 valence electrons. The van der Waals surface area contributed by atoms with Crippen LogP contribution in [0.5, 0.6) is 0 Å². The lowest BCUT2D eigenvalue weighted by atomic mass is 10.0. The average molecular weight is 252 g/mol. The van der Waals surface area contributed by atoms with Gasteiger partial charge < -0.3 is 11.1 Å². The summed E-state index contributed by atoms with van der Waals surface area (Å²) < 4.78 is 2.00. The van der Waals surface area contributed by atoms with Crippen molar-refractivity contribution in [2.24, 2.45) is 11.7 Å². The van der Waals surface area contributed by atoms with Crippen LogP contribution in [0.3, 0.4) is 0 Å². The number of rotatable bonds is 9. The molecule has 1 aromatic heterocycles. The average Bonchev–Trinajstić information content (AvgIpc) is 2.84. The Kier molecular flexibility index (Phi) is 6.98. The van der Waals surface area contributed by atoms with Crippen molar-refractivity contribution in [3.8, 4) is 0 Å². The van der Waals surface area contributed by atoms with Crippen molar-refractivity contribution in [2.45, 2.75) is 52.6 Å². The minimum absolute atomic E-state index is 0.233. The van der Waals surface area contributed by atoms with Gasteiger partial charge in [0.1, 0.15) is 0 Å². The van der Waals surface area contributed by atoms with Gasteiger partial charge in [-0.2, -0.15) is 5.10 Å². The standard InChI is InChI=1S/C14H28N4/c1-4-7-18-11-13(10-17-18)14(8-15)16-9-12(5-2)6-3/h10-12,14,16H,4-9,15H2,1-3H3. The van der Waals surface area contributed by atoms with Crippen molar-refractivity contribution >= 4 is 0 Å². The Labute approximate surface area is 111 Å². The molecule has 0 fully saturated rings. The quantitative estimate of drug-likeness (QED) is 0.709. The highest BCUT2D eigenvalue weighted by Crippen LogP contribution is 2.13. The van der Waals surface area contributed by atoms with Gasteiger partial charge in [-0.05, 0) is 18.9 Å². The molecular weight excluding hydrogens is 224 g/mol. The smallest absolute Gasteiger partial charge is 0.0538 e. The third kappa shape index (κ3) is 4.42. The first-order valence-electron chi connectivity index (χ1n) is 7.20. The molecule has 0 aromatic carbocycles. The summed E-state index contributed by atoms with van der Waals surface area (Å²) in [6, 6.07) is 0.233. The minimum Gasteiger partial charge on any atom is -0.329 e. The van der Waals surface area contributed by atoms with Crippen molar-refractivity contribution in [3.63, 3.8) is 0 Å². The van der Waals surface area contributed by atoms with E-state index in [1.807, 2.05) is 10.9 Å². The van der Waals surface area contributed by atoms with Gasteiger partial charge in [0.25, 0.3) is 0 Å². The van der Waals surface area contributed by atoms with Crippen LogP contribution in [-0.4, -0.2) is 22.9 Å². The zero-order chi connectivity index (χ0) is 13.4. The normalized spacial score (nSPS) is 13.2. The first-order chi connectivity index (χ1) is 8.74. The van der Waals surface area contributed by atoms with Crippen LogP contribution in [0.2, 0.25) is 0 Å². The molecule has 1 unspecified atom stereocenters. The van der Waals surface area contributed by atoms with E-state index in [1.165, 1.54) is 18.4 Å². The second-order valence-corrected chi connectivity index (χ2v) is 4.92. The highest BCUT2D eigenvalue weighted by Gasteiger charge is 2.13. The molecule has 0 spiro atoms. The first-order valence-corrected chi connectivity index (χ1v) is 7.20. The molecule has 0 radical (unpaired) electrons. The molecule has 3 N–H and O–H groups in total. The molecule has 4 heteroatoms. The highest BCUT2D eigenvalue weighted by molar-refractivity contribution is 5.10. The molecule has 4 nitrogen and oxygen atoms in total. The largest absolute Gasteiger partial charge is 0.329 e. The highest BCUT2D eigenvalue weighted by atomic mass is 15.3. The molecule has 0 saturated carbocycles. The Bertz CT molecular complexity index is 317. The van der Waals surface area contributed by atoms with Crippen LogP contribution in [0.1, 0.15) is 51.6 Å². The van der Waals surface area contributed by atoms with E-state index in [-0.39, 0.29) is 6.04 Å². The van der Waals surface area contributed by atoms with Gasteiger partial charge >= 0.3 is 0 Å². The van der Waals surface area contributed by atoms with Crippen LogP contribution in [-0.2, 0) is 6.54 Å². The summed E-state index contributed by atoms with van der Waals surface area (Å²) in [5, 5.41) is 7.93. The van der Waals surface area contributed by atoms with E-state index < -0.39 is 0 Å². The summed E-state index contributed by atoms with van der Waals surface area (Å²) in [4.78, 5) is 0. The van der Waals surface area contributed by atoms with Gasteiger partial charge in [-0.25, -0.2) is 0 Å². The van der Waals surface area contributed by atoms with Crippen molar-refractivity contribution in [3.05, 3.63) is 18.0 Å². The predicted molar refractivity (Wildman–Crippen MR) is 76.4 cm³/mol. The molecule has 18 heavy (non-hydrogen) atoms. The summed E-state index contributed by atoms with van der Waals surface area (Å²) in [7, 11) is 0. The first kappa shape index (κ1) is 15.2. The number of nitrogens with one attached hydrogen (secondary N) is 1. The van der Waals surface area contributed by atoms with E-state index in [0.717, 1.165) is 25.4 Å². The van der Waals surface area contributed by atoms with Crippen molar-refractivity contribution in [1.29, 1.82) is 0 Å². The van der Waals surface area contributed by atoms with Crippen LogP contribution in [0.15, 0.2) is 12.4 Å². The molecule has 0 aliphatic heterocycles. The van der Waals surface area contributed by atoms with E-state index in [4.69, 9.17) is 5.73 Å². The Hall–Kier alpha value is -0.870. The van der Waals surface area contributed by atoms with Crippen LogP contribution in [0.4, 0.5) is 0 Å². The second-order valence-electron chi connectivity index (χ2n) is 4.92. The molecule has 1 heterocycles. The van der Waals surface area contributed by atoms with Crippen molar-refractivity contribution in [2.75, 3.05) is 13.1 Å². The van der Waals surface area contributed by atoms with E-state index in [1.54, 1.807) is 0 Å². The molecule has 1 atom stereocenters. The molecule has 0 aliphatic carbocycles. The number of aromatic nitrogens is 2. The maximum Gasteiger partial charge on any atom is 0.0538 e. The number of nitrogens with zero attached hydrogens (tertiary/aromatic N) is 2. The third-order valence-corrected chi connectivity index (χ3v) is 3.55. The topological polar surface area (TPSA) is 55.9 Å².